The molecule has 1 fully saturated rings. The average Bonchev–Trinajstić information content (AvgIpc) is 3.16. The molecule has 0 radical (unpaired) electrons. The van der Waals surface area contributed by atoms with Crippen molar-refractivity contribution in [2.75, 3.05) is 26.9 Å². The topological polar surface area (TPSA) is 60.8 Å². The molecule has 3 unspecified atom stereocenters. The van der Waals surface area contributed by atoms with Gasteiger partial charge >= 0.3 is 10.2 Å². The van der Waals surface area contributed by atoms with Gasteiger partial charge in [0.15, 0.2) is 0 Å². The summed E-state index contributed by atoms with van der Waals surface area (Å²) < 4.78 is 85.4. The molecule has 1 aliphatic carbocycles. The number of nitrogens with zero attached hydrogens (tertiary/aromatic N) is 1. The Hall–Kier alpha value is -1.79. The van der Waals surface area contributed by atoms with E-state index >= 15 is 0 Å². The molecule has 3 heterocycles. The molecule has 1 aromatic carbocycles. The highest BCUT2D eigenvalue weighted by atomic mass is 32.5. The van der Waals surface area contributed by atoms with Crippen LogP contribution in [0.4, 0.5) is 19.4 Å². The van der Waals surface area contributed by atoms with Crippen LogP contribution in [0.5, 0.6) is 0 Å². The monoisotopic (exact) mass is 591 g/mol. The summed E-state index contributed by atoms with van der Waals surface area (Å²) in [5.74, 6) is -0.0359. The van der Waals surface area contributed by atoms with Crippen molar-refractivity contribution in [3.8, 4) is 0 Å². The summed E-state index contributed by atoms with van der Waals surface area (Å²) in [4.78, 5) is 3.23. The standard InChI is InChI=1S/C29H38F5NO4S/c1-5-18(10-13-37-4)26-24-25(23-21(35-26)16-28(2,3)17-22(23)36)29(11-14-38-15-12-29)39-27(24)19-6-8-20(9-7-19)40(30,31,32,33)34/h6-9,18,22,27,36H,5,10-17H2,1-4H3. The van der Waals surface area contributed by atoms with Crippen molar-refractivity contribution in [3.63, 3.8) is 0 Å². The number of methoxy groups -OCH3 is 1. The second-order valence-electron chi connectivity index (χ2n) is 12.2. The van der Waals surface area contributed by atoms with Gasteiger partial charge in [0, 0.05) is 62.5 Å². The van der Waals surface area contributed by atoms with E-state index in [4.69, 9.17) is 19.2 Å². The maximum Gasteiger partial charge on any atom is 0.310 e. The van der Waals surface area contributed by atoms with Crippen molar-refractivity contribution in [2.45, 2.75) is 87.9 Å². The first-order valence-corrected chi connectivity index (χ1v) is 15.8. The minimum absolute atomic E-state index is 0.0359. The van der Waals surface area contributed by atoms with Crippen LogP contribution in [0.15, 0.2) is 29.2 Å². The van der Waals surface area contributed by atoms with Gasteiger partial charge in [-0.05, 0) is 54.4 Å². The maximum atomic E-state index is 13.5. The molecule has 3 atom stereocenters. The van der Waals surface area contributed by atoms with E-state index in [0.29, 0.717) is 69.6 Å². The number of pyridine rings is 1. The zero-order valence-corrected chi connectivity index (χ0v) is 24.1. The van der Waals surface area contributed by atoms with Crippen molar-refractivity contribution < 1.29 is 38.7 Å². The van der Waals surface area contributed by atoms with Gasteiger partial charge in [-0.15, -0.1) is 0 Å². The fourth-order valence-corrected chi connectivity index (χ4v) is 7.39. The lowest BCUT2D eigenvalue weighted by Gasteiger charge is -2.40. The van der Waals surface area contributed by atoms with E-state index in [9.17, 15) is 24.5 Å². The number of hydrogen-bond acceptors (Lipinski definition) is 5. The second kappa shape index (κ2) is 9.36. The summed E-state index contributed by atoms with van der Waals surface area (Å²) in [6.45, 7) is 7.57. The SMILES string of the molecule is CCC(CCOC)c1nc2c(c3c1C(c1ccc(S(F)(F)(F)(F)F)cc1)OC31CCOCC1)C(O)CC(C)(C)C2. The van der Waals surface area contributed by atoms with E-state index < -0.39 is 32.9 Å². The van der Waals surface area contributed by atoms with Crippen LogP contribution in [0.3, 0.4) is 0 Å². The predicted molar refractivity (Wildman–Crippen MR) is 143 cm³/mol. The number of aliphatic hydroxyl groups is 1. The number of rotatable bonds is 7. The Morgan fingerprint density at radius 3 is 2.30 bits per heavy atom. The number of aliphatic hydroxyl groups excluding tert-OH is 1. The molecule has 1 saturated heterocycles. The summed E-state index contributed by atoms with van der Waals surface area (Å²) in [6, 6.07) is 3.05. The van der Waals surface area contributed by atoms with E-state index in [1.807, 2.05) is 6.92 Å². The Labute approximate surface area is 232 Å². The van der Waals surface area contributed by atoms with Gasteiger partial charge in [-0.3, -0.25) is 4.98 Å². The number of halogens is 5. The molecule has 0 saturated carbocycles. The van der Waals surface area contributed by atoms with Gasteiger partial charge in [0.05, 0.1) is 17.4 Å². The van der Waals surface area contributed by atoms with Crippen molar-refractivity contribution in [1.82, 2.24) is 4.98 Å². The number of hydrogen-bond donors (Lipinski definition) is 1. The largest absolute Gasteiger partial charge is 0.388 e. The zero-order valence-electron chi connectivity index (χ0n) is 23.3. The molecular weight excluding hydrogens is 553 g/mol. The molecule has 40 heavy (non-hydrogen) atoms. The van der Waals surface area contributed by atoms with Crippen molar-refractivity contribution in [2.24, 2.45) is 5.41 Å². The molecule has 1 aromatic heterocycles. The molecule has 224 valence electrons. The third kappa shape index (κ3) is 5.40. The van der Waals surface area contributed by atoms with Crippen LogP contribution in [0.25, 0.3) is 0 Å². The van der Waals surface area contributed by atoms with Crippen LogP contribution in [0.1, 0.15) is 105 Å². The van der Waals surface area contributed by atoms with E-state index in [-0.39, 0.29) is 11.3 Å². The normalized spacial score (nSPS) is 26.1. The highest BCUT2D eigenvalue weighted by molar-refractivity contribution is 8.45. The predicted octanol–water partition coefficient (Wildman–Crippen LogP) is 8.40. The molecule has 1 N–H and O–H groups in total. The summed E-state index contributed by atoms with van der Waals surface area (Å²) in [5.41, 5.74) is 3.27. The summed E-state index contributed by atoms with van der Waals surface area (Å²) in [6.07, 6.45) is 1.99. The van der Waals surface area contributed by atoms with Crippen LogP contribution in [-0.2, 0) is 26.2 Å². The minimum atomic E-state index is -9.83. The second-order valence-corrected chi connectivity index (χ2v) is 14.6. The lowest BCUT2D eigenvalue weighted by atomic mass is 9.69. The van der Waals surface area contributed by atoms with E-state index in [0.717, 1.165) is 46.6 Å². The van der Waals surface area contributed by atoms with Crippen LogP contribution >= 0.6 is 10.2 Å². The van der Waals surface area contributed by atoms with Crippen LogP contribution < -0.4 is 0 Å². The molecule has 5 rings (SSSR count). The highest BCUT2D eigenvalue weighted by Crippen LogP contribution is 3.02. The fraction of sp³-hybridized carbons (Fsp3) is 0.621. The van der Waals surface area contributed by atoms with Gasteiger partial charge < -0.3 is 19.3 Å². The van der Waals surface area contributed by atoms with E-state index in [2.05, 4.69) is 13.8 Å². The highest BCUT2D eigenvalue weighted by Gasteiger charge is 2.65. The van der Waals surface area contributed by atoms with Crippen LogP contribution in [-0.4, -0.2) is 37.0 Å². The van der Waals surface area contributed by atoms with Gasteiger partial charge in [-0.25, -0.2) is 0 Å². The lowest BCUT2D eigenvalue weighted by Crippen LogP contribution is -2.37. The number of benzene rings is 1. The average molecular weight is 592 g/mol. The van der Waals surface area contributed by atoms with Gasteiger partial charge in [-0.1, -0.05) is 52.3 Å². The molecule has 1 spiro atoms. The Kier molecular flexibility index (Phi) is 6.95. The number of fused-ring (bicyclic) bond motifs is 4. The molecule has 2 aromatic rings. The number of ether oxygens (including phenoxy) is 3. The van der Waals surface area contributed by atoms with Crippen LogP contribution in [0, 0.1) is 5.41 Å². The first kappa shape index (κ1) is 29.7. The first-order chi connectivity index (χ1) is 18.5. The van der Waals surface area contributed by atoms with Gasteiger partial charge in [0.2, 0.25) is 0 Å². The van der Waals surface area contributed by atoms with E-state index in [1.54, 1.807) is 7.11 Å². The Morgan fingerprint density at radius 2 is 1.73 bits per heavy atom. The Balaban J connectivity index is 1.76. The van der Waals surface area contributed by atoms with E-state index in [1.165, 1.54) is 0 Å². The lowest BCUT2D eigenvalue weighted by molar-refractivity contribution is -0.122. The first-order valence-electron chi connectivity index (χ1n) is 13.8. The maximum absolute atomic E-state index is 13.5. The smallest absolute Gasteiger partial charge is 0.310 e. The summed E-state index contributed by atoms with van der Waals surface area (Å²) in [7, 11) is -8.21. The van der Waals surface area contributed by atoms with Gasteiger partial charge in [0.1, 0.15) is 11.0 Å². The Morgan fingerprint density at radius 1 is 1.07 bits per heavy atom. The third-order valence-corrected chi connectivity index (χ3v) is 9.81. The molecule has 3 aliphatic rings. The van der Waals surface area contributed by atoms with Crippen molar-refractivity contribution in [3.05, 3.63) is 57.9 Å². The molecule has 2 aliphatic heterocycles. The van der Waals surface area contributed by atoms with Crippen molar-refractivity contribution in [1.29, 1.82) is 0 Å². The molecule has 0 bridgehead atoms. The third-order valence-electron chi connectivity index (χ3n) is 8.65. The van der Waals surface area contributed by atoms with Gasteiger partial charge in [-0.2, -0.15) is 0 Å². The summed E-state index contributed by atoms with van der Waals surface area (Å²) in [5, 5.41) is 11.5. The Bertz CT molecular complexity index is 1280. The quantitative estimate of drug-likeness (QED) is 0.328. The van der Waals surface area contributed by atoms with Gasteiger partial charge in [0.25, 0.3) is 0 Å². The zero-order chi connectivity index (χ0) is 29.2. The summed E-state index contributed by atoms with van der Waals surface area (Å²) >= 11 is 0. The molecule has 5 nitrogen and oxygen atoms in total. The molecule has 11 heteroatoms. The van der Waals surface area contributed by atoms with Crippen LogP contribution in [0.2, 0.25) is 0 Å². The fourth-order valence-electron chi connectivity index (χ4n) is 6.74. The molecule has 0 amide bonds. The minimum Gasteiger partial charge on any atom is -0.388 e. The molecular formula is C29H38F5NO4S. The number of aromatic nitrogens is 1. The van der Waals surface area contributed by atoms with Crippen molar-refractivity contribution >= 4 is 10.2 Å².